The summed E-state index contributed by atoms with van der Waals surface area (Å²) in [4.78, 5) is 9.96. The van der Waals surface area contributed by atoms with Gasteiger partial charge in [-0.25, -0.2) is 0 Å². The Morgan fingerprint density at radius 3 is 2.30 bits per heavy atom. The number of hydrogen-bond acceptors (Lipinski definition) is 1. The van der Waals surface area contributed by atoms with Crippen molar-refractivity contribution in [1.82, 2.24) is 0 Å². The number of carbonyl (C=O) groups is 1. The molecule has 0 radical (unpaired) electrons. The minimum Gasteiger partial charge on any atom is -0.481 e. The largest absolute Gasteiger partial charge is 0.481 e. The van der Waals surface area contributed by atoms with Gasteiger partial charge in [0, 0.05) is 25.9 Å². The minimum absolute atomic E-state index is 0. The molecule has 0 aliphatic rings. The van der Waals surface area contributed by atoms with E-state index in [-0.39, 0.29) is 19.5 Å². The maximum atomic E-state index is 9.96. The second-order valence-electron chi connectivity index (χ2n) is 2.20. The third-order valence-corrected chi connectivity index (χ3v) is 1.24. The van der Waals surface area contributed by atoms with E-state index >= 15 is 0 Å². The molecular weight excluding hydrogens is 181 g/mol. The van der Waals surface area contributed by atoms with Crippen molar-refractivity contribution in [3.63, 3.8) is 0 Å². The molecule has 10 heavy (non-hydrogen) atoms. The molecule has 0 unspecified atom stereocenters. The van der Waals surface area contributed by atoms with Crippen LogP contribution >= 0.6 is 0 Å². The van der Waals surface area contributed by atoms with Crippen molar-refractivity contribution in [3.05, 3.63) is 0 Å². The van der Waals surface area contributed by atoms with Gasteiger partial charge < -0.3 is 5.11 Å². The zero-order valence-electron chi connectivity index (χ0n) is 6.60. The molecular formula is C7H14O2Zn. The molecule has 0 aliphatic carbocycles. The fourth-order valence-corrected chi connectivity index (χ4v) is 0.703. The van der Waals surface area contributed by atoms with E-state index in [1.807, 2.05) is 0 Å². The van der Waals surface area contributed by atoms with Crippen molar-refractivity contribution in [2.24, 2.45) is 0 Å². The van der Waals surface area contributed by atoms with Crippen LogP contribution in [0, 0.1) is 0 Å². The molecule has 0 aromatic rings. The van der Waals surface area contributed by atoms with Crippen LogP contribution in [0.1, 0.15) is 39.0 Å². The topological polar surface area (TPSA) is 37.3 Å². The van der Waals surface area contributed by atoms with Crippen LogP contribution in [-0.2, 0) is 24.3 Å². The normalized spacial score (nSPS) is 8.50. The summed E-state index contributed by atoms with van der Waals surface area (Å²) in [5, 5.41) is 8.21. The average molecular weight is 196 g/mol. The van der Waals surface area contributed by atoms with Gasteiger partial charge in [-0.3, -0.25) is 4.79 Å². The summed E-state index contributed by atoms with van der Waals surface area (Å²) in [5.74, 6) is -0.675. The second-order valence-corrected chi connectivity index (χ2v) is 2.20. The molecule has 3 heteroatoms. The molecule has 0 aromatic carbocycles. The van der Waals surface area contributed by atoms with Crippen LogP contribution < -0.4 is 0 Å². The van der Waals surface area contributed by atoms with Crippen molar-refractivity contribution in [2.45, 2.75) is 39.0 Å². The third kappa shape index (κ3) is 11.0. The van der Waals surface area contributed by atoms with E-state index < -0.39 is 5.97 Å². The Morgan fingerprint density at radius 2 is 1.90 bits per heavy atom. The SMILES string of the molecule is CCCCCCC(=O)O.[Zn]. The summed E-state index contributed by atoms with van der Waals surface area (Å²) in [7, 11) is 0. The van der Waals surface area contributed by atoms with Crippen LogP contribution in [0.3, 0.4) is 0 Å². The third-order valence-electron chi connectivity index (χ3n) is 1.24. The zero-order chi connectivity index (χ0) is 7.11. The van der Waals surface area contributed by atoms with Crippen LogP contribution in [0.2, 0.25) is 0 Å². The van der Waals surface area contributed by atoms with Gasteiger partial charge in [0.05, 0.1) is 0 Å². The summed E-state index contributed by atoms with van der Waals surface area (Å²) in [6.07, 6.45) is 4.55. The Hall–Kier alpha value is 0.0934. The van der Waals surface area contributed by atoms with Crippen LogP contribution in [-0.4, -0.2) is 11.1 Å². The molecule has 0 heterocycles. The first-order valence-corrected chi connectivity index (χ1v) is 3.49. The van der Waals surface area contributed by atoms with Gasteiger partial charge >= 0.3 is 5.97 Å². The number of aliphatic carboxylic acids is 1. The van der Waals surface area contributed by atoms with E-state index in [9.17, 15) is 4.79 Å². The minimum atomic E-state index is -0.675. The molecule has 0 atom stereocenters. The summed E-state index contributed by atoms with van der Waals surface area (Å²) in [6, 6.07) is 0. The Morgan fingerprint density at radius 1 is 1.30 bits per heavy atom. The second kappa shape index (κ2) is 9.09. The first-order chi connectivity index (χ1) is 4.27. The molecule has 0 saturated heterocycles. The van der Waals surface area contributed by atoms with E-state index in [1.54, 1.807) is 0 Å². The molecule has 0 amide bonds. The number of rotatable bonds is 5. The Labute approximate surface area is 74.8 Å². The molecule has 0 spiro atoms. The molecule has 0 aliphatic heterocycles. The van der Waals surface area contributed by atoms with Gasteiger partial charge in [-0.1, -0.05) is 26.2 Å². The van der Waals surface area contributed by atoms with Gasteiger partial charge in [0.1, 0.15) is 0 Å². The van der Waals surface area contributed by atoms with Gasteiger partial charge in [0.25, 0.3) is 0 Å². The van der Waals surface area contributed by atoms with Gasteiger partial charge in [0.15, 0.2) is 0 Å². The Bertz CT molecular complexity index is 83.7. The first-order valence-electron chi connectivity index (χ1n) is 3.49. The van der Waals surface area contributed by atoms with Crippen molar-refractivity contribution in [1.29, 1.82) is 0 Å². The monoisotopic (exact) mass is 194 g/mol. The van der Waals surface area contributed by atoms with Crippen molar-refractivity contribution in [3.8, 4) is 0 Å². The van der Waals surface area contributed by atoms with Crippen LogP contribution in [0.5, 0.6) is 0 Å². The summed E-state index contributed by atoms with van der Waals surface area (Å²) in [5.41, 5.74) is 0. The zero-order valence-corrected chi connectivity index (χ0v) is 9.57. The maximum Gasteiger partial charge on any atom is 0.303 e. The summed E-state index contributed by atoms with van der Waals surface area (Å²) in [6.45, 7) is 2.11. The molecule has 56 valence electrons. The van der Waals surface area contributed by atoms with Gasteiger partial charge in [-0.05, 0) is 6.42 Å². The van der Waals surface area contributed by atoms with E-state index in [0.717, 1.165) is 19.3 Å². The van der Waals surface area contributed by atoms with Gasteiger partial charge in [0.2, 0.25) is 0 Å². The summed E-state index contributed by atoms with van der Waals surface area (Å²) >= 11 is 0. The standard InChI is InChI=1S/C7H14O2.Zn/c1-2-3-4-5-6-7(8)9;/h2-6H2,1H3,(H,8,9);. The first kappa shape index (κ1) is 12.7. The fraction of sp³-hybridized carbons (Fsp3) is 0.857. The smallest absolute Gasteiger partial charge is 0.303 e. The predicted octanol–water partition coefficient (Wildman–Crippen LogP) is 2.04. The van der Waals surface area contributed by atoms with Gasteiger partial charge in [-0.15, -0.1) is 0 Å². The molecule has 1 N–H and O–H groups in total. The predicted molar refractivity (Wildman–Crippen MR) is 36.4 cm³/mol. The van der Waals surface area contributed by atoms with Gasteiger partial charge in [-0.2, -0.15) is 0 Å². The molecule has 0 rings (SSSR count). The van der Waals surface area contributed by atoms with E-state index in [4.69, 9.17) is 5.11 Å². The molecule has 0 saturated carbocycles. The fourth-order valence-electron chi connectivity index (χ4n) is 0.703. The Balaban J connectivity index is 0. The molecule has 0 aromatic heterocycles. The molecule has 0 fully saturated rings. The number of unbranched alkanes of at least 4 members (excludes halogenated alkanes) is 3. The number of hydrogen-bond donors (Lipinski definition) is 1. The van der Waals surface area contributed by atoms with Crippen molar-refractivity contribution >= 4 is 5.97 Å². The maximum absolute atomic E-state index is 9.96. The van der Waals surface area contributed by atoms with Crippen LogP contribution in [0.15, 0.2) is 0 Å². The van der Waals surface area contributed by atoms with E-state index in [2.05, 4.69) is 6.92 Å². The number of carboxylic acid groups (broad SMARTS) is 1. The van der Waals surface area contributed by atoms with E-state index in [0.29, 0.717) is 6.42 Å². The van der Waals surface area contributed by atoms with Crippen LogP contribution in [0.25, 0.3) is 0 Å². The summed E-state index contributed by atoms with van der Waals surface area (Å²) < 4.78 is 0. The number of carboxylic acids is 1. The molecule has 2 nitrogen and oxygen atoms in total. The van der Waals surface area contributed by atoms with E-state index in [1.165, 1.54) is 6.42 Å². The van der Waals surface area contributed by atoms with Crippen LogP contribution in [0.4, 0.5) is 0 Å². The Kier molecular flexibility index (Phi) is 11.6. The van der Waals surface area contributed by atoms with Crippen molar-refractivity contribution in [2.75, 3.05) is 0 Å². The molecule has 0 bridgehead atoms. The average Bonchev–Trinajstić information content (AvgIpc) is 1.80. The quantitative estimate of drug-likeness (QED) is 0.539. The van der Waals surface area contributed by atoms with Crippen molar-refractivity contribution < 1.29 is 29.4 Å².